The molecule has 5 rings (SSSR count). The molecule has 9 heteroatoms. The van der Waals surface area contributed by atoms with Gasteiger partial charge in [0.2, 0.25) is 10.0 Å². The largest absolute Gasteiger partial charge is 0.361 e. The van der Waals surface area contributed by atoms with E-state index in [-0.39, 0.29) is 5.25 Å². The molecule has 0 spiro atoms. The molecule has 8 nitrogen and oxygen atoms in total. The van der Waals surface area contributed by atoms with Gasteiger partial charge in [-0.3, -0.25) is 9.67 Å². The molecule has 1 saturated carbocycles. The van der Waals surface area contributed by atoms with Gasteiger partial charge in [0.15, 0.2) is 0 Å². The SMILES string of the molecule is C=CCn1cc(-c2cn(S(=O)(=O)C3CCCC3)c3cc(-c4c(C)noc4C)cnc23)cn1. The van der Waals surface area contributed by atoms with Crippen molar-refractivity contribution in [3.05, 3.63) is 55.0 Å². The van der Waals surface area contributed by atoms with Gasteiger partial charge >= 0.3 is 0 Å². The van der Waals surface area contributed by atoms with Crippen LogP contribution in [0.25, 0.3) is 33.3 Å². The van der Waals surface area contributed by atoms with Gasteiger partial charge in [-0.1, -0.05) is 24.1 Å². The molecule has 0 aliphatic heterocycles. The first kappa shape index (κ1) is 20.7. The van der Waals surface area contributed by atoms with Crippen LogP contribution in [-0.2, 0) is 16.6 Å². The van der Waals surface area contributed by atoms with E-state index in [1.54, 1.807) is 29.3 Å². The van der Waals surface area contributed by atoms with Crippen LogP contribution in [0.2, 0.25) is 0 Å². The maximum atomic E-state index is 13.6. The maximum Gasteiger partial charge on any atom is 0.241 e. The smallest absolute Gasteiger partial charge is 0.241 e. The maximum absolute atomic E-state index is 13.6. The molecule has 0 radical (unpaired) electrons. The number of nitrogens with zero attached hydrogens (tertiary/aromatic N) is 5. The average molecular weight is 452 g/mol. The molecular formula is C23H25N5O3S. The summed E-state index contributed by atoms with van der Waals surface area (Å²) in [5.74, 6) is 0.673. The number of pyridine rings is 1. The molecule has 1 aliphatic carbocycles. The summed E-state index contributed by atoms with van der Waals surface area (Å²) in [7, 11) is -3.57. The molecule has 1 fully saturated rings. The van der Waals surface area contributed by atoms with Crippen LogP contribution in [0.15, 0.2) is 48.0 Å². The Morgan fingerprint density at radius 2 is 1.97 bits per heavy atom. The van der Waals surface area contributed by atoms with Crippen molar-refractivity contribution in [3.8, 4) is 22.3 Å². The van der Waals surface area contributed by atoms with Crippen molar-refractivity contribution in [2.75, 3.05) is 0 Å². The zero-order chi connectivity index (χ0) is 22.5. The van der Waals surface area contributed by atoms with Gasteiger partial charge in [-0.05, 0) is 32.8 Å². The molecule has 0 amide bonds. The fourth-order valence-electron chi connectivity index (χ4n) is 4.61. The number of rotatable bonds is 6. The number of hydrogen-bond donors (Lipinski definition) is 0. The van der Waals surface area contributed by atoms with Crippen LogP contribution in [-0.4, -0.2) is 37.6 Å². The Labute approximate surface area is 186 Å². The molecule has 4 heterocycles. The third kappa shape index (κ3) is 3.28. The molecule has 0 bridgehead atoms. The lowest BCUT2D eigenvalue weighted by Crippen LogP contribution is -2.24. The quantitative estimate of drug-likeness (QED) is 0.401. The van der Waals surface area contributed by atoms with E-state index in [2.05, 4.69) is 16.8 Å². The first-order chi connectivity index (χ1) is 15.4. The molecule has 166 valence electrons. The summed E-state index contributed by atoms with van der Waals surface area (Å²) in [6.45, 7) is 8.02. The van der Waals surface area contributed by atoms with Crippen LogP contribution in [0.1, 0.15) is 37.1 Å². The summed E-state index contributed by atoms with van der Waals surface area (Å²) in [5.41, 5.74) is 5.10. The van der Waals surface area contributed by atoms with Gasteiger partial charge in [-0.2, -0.15) is 5.10 Å². The molecule has 0 unspecified atom stereocenters. The molecule has 0 saturated heterocycles. The summed E-state index contributed by atoms with van der Waals surface area (Å²) < 4.78 is 35.7. The standard InChI is InChI=1S/C23H25N5O3S/c1-4-9-27-13-18(12-25-27)20-14-28(32(29,30)19-7-5-6-8-19)21-10-17(11-24-23(20)21)22-15(2)26-31-16(22)3/h4,10-14,19H,1,5-9H2,2-3H3. The third-order valence-corrected chi connectivity index (χ3v) is 8.35. The molecule has 4 aromatic rings. The van der Waals surface area contributed by atoms with Gasteiger partial charge in [0, 0.05) is 40.8 Å². The zero-order valence-corrected chi connectivity index (χ0v) is 19.0. The van der Waals surface area contributed by atoms with Gasteiger partial charge < -0.3 is 4.52 Å². The number of aromatic nitrogens is 5. The van der Waals surface area contributed by atoms with Gasteiger partial charge in [0.1, 0.15) is 5.76 Å². The first-order valence-electron chi connectivity index (χ1n) is 10.7. The van der Waals surface area contributed by atoms with Crippen molar-refractivity contribution in [1.82, 2.24) is 23.9 Å². The second-order valence-corrected chi connectivity index (χ2v) is 10.4. The van der Waals surface area contributed by atoms with Crippen molar-refractivity contribution in [2.24, 2.45) is 0 Å². The van der Waals surface area contributed by atoms with E-state index in [4.69, 9.17) is 9.51 Å². The zero-order valence-electron chi connectivity index (χ0n) is 18.2. The number of fused-ring (bicyclic) bond motifs is 1. The Bertz CT molecular complexity index is 1400. The lowest BCUT2D eigenvalue weighted by atomic mass is 10.1. The highest BCUT2D eigenvalue weighted by Crippen LogP contribution is 2.36. The topological polar surface area (TPSA) is 95.8 Å². The molecular weight excluding hydrogens is 426 g/mol. The highest BCUT2D eigenvalue weighted by Gasteiger charge is 2.32. The minimum absolute atomic E-state index is 0.378. The molecule has 0 N–H and O–H groups in total. The van der Waals surface area contributed by atoms with Crippen LogP contribution in [0.3, 0.4) is 0 Å². The summed E-state index contributed by atoms with van der Waals surface area (Å²) in [4.78, 5) is 4.70. The lowest BCUT2D eigenvalue weighted by molar-refractivity contribution is 0.393. The van der Waals surface area contributed by atoms with Crippen LogP contribution < -0.4 is 0 Å². The Morgan fingerprint density at radius 3 is 2.66 bits per heavy atom. The third-order valence-electron chi connectivity index (χ3n) is 6.19. The summed E-state index contributed by atoms with van der Waals surface area (Å²) in [6.07, 6.45) is 12.1. The molecule has 4 aromatic heterocycles. The van der Waals surface area contributed by atoms with Crippen LogP contribution in [0.4, 0.5) is 0 Å². The Balaban J connectivity index is 1.74. The van der Waals surface area contributed by atoms with Crippen molar-refractivity contribution < 1.29 is 12.9 Å². The molecule has 0 aromatic carbocycles. The van der Waals surface area contributed by atoms with Crippen molar-refractivity contribution in [3.63, 3.8) is 0 Å². The van der Waals surface area contributed by atoms with Gasteiger partial charge in [-0.15, -0.1) is 6.58 Å². The summed E-state index contributed by atoms with van der Waals surface area (Å²) in [5, 5.41) is 8.01. The van der Waals surface area contributed by atoms with Gasteiger partial charge in [0.25, 0.3) is 0 Å². The monoisotopic (exact) mass is 451 g/mol. The molecule has 1 aliphatic rings. The highest BCUT2D eigenvalue weighted by molar-refractivity contribution is 7.90. The fourth-order valence-corrected chi connectivity index (χ4v) is 6.53. The molecule has 0 atom stereocenters. The second-order valence-electron chi connectivity index (χ2n) is 8.32. The fraction of sp³-hybridized carbons (Fsp3) is 0.348. The number of hydrogen-bond acceptors (Lipinski definition) is 6. The minimum Gasteiger partial charge on any atom is -0.361 e. The van der Waals surface area contributed by atoms with Gasteiger partial charge in [0.05, 0.1) is 34.7 Å². The van der Waals surface area contributed by atoms with E-state index >= 15 is 0 Å². The summed E-state index contributed by atoms with van der Waals surface area (Å²) >= 11 is 0. The predicted octanol–water partition coefficient (Wildman–Crippen LogP) is 4.48. The van der Waals surface area contributed by atoms with E-state index in [1.165, 1.54) is 3.97 Å². The van der Waals surface area contributed by atoms with E-state index in [0.29, 0.717) is 36.2 Å². The summed E-state index contributed by atoms with van der Waals surface area (Å²) in [6, 6.07) is 1.87. The number of allylic oxidation sites excluding steroid dienone is 1. The van der Waals surface area contributed by atoms with E-state index in [1.807, 2.05) is 26.1 Å². The van der Waals surface area contributed by atoms with Crippen molar-refractivity contribution in [2.45, 2.75) is 51.3 Å². The van der Waals surface area contributed by atoms with Crippen molar-refractivity contribution in [1.29, 1.82) is 0 Å². The molecule has 32 heavy (non-hydrogen) atoms. The van der Waals surface area contributed by atoms with Crippen LogP contribution in [0, 0.1) is 13.8 Å². The second kappa shape index (κ2) is 7.74. The first-order valence-corrected chi connectivity index (χ1v) is 12.2. The number of aryl methyl sites for hydroxylation is 2. The van der Waals surface area contributed by atoms with Crippen LogP contribution >= 0.6 is 0 Å². The average Bonchev–Trinajstić information content (AvgIpc) is 3.54. The predicted molar refractivity (Wildman–Crippen MR) is 123 cm³/mol. The Morgan fingerprint density at radius 1 is 1.19 bits per heavy atom. The lowest BCUT2D eigenvalue weighted by Gasteiger charge is -2.13. The highest BCUT2D eigenvalue weighted by atomic mass is 32.2. The van der Waals surface area contributed by atoms with E-state index in [9.17, 15) is 8.42 Å². The van der Waals surface area contributed by atoms with Gasteiger partial charge in [-0.25, -0.2) is 12.4 Å². The van der Waals surface area contributed by atoms with Crippen molar-refractivity contribution >= 4 is 21.1 Å². The Kier molecular flexibility index (Phi) is 5.00. The van der Waals surface area contributed by atoms with Crippen LogP contribution in [0.5, 0.6) is 0 Å². The van der Waals surface area contributed by atoms with E-state index < -0.39 is 10.0 Å². The van der Waals surface area contributed by atoms with E-state index in [0.717, 1.165) is 40.8 Å². The normalized spacial score (nSPS) is 15.1. The minimum atomic E-state index is -3.57. The Hall–Kier alpha value is -3.20.